The Kier molecular flexibility index (Phi) is 4.01. The molecule has 0 spiro atoms. The van der Waals surface area contributed by atoms with E-state index in [1.807, 2.05) is 67.6 Å². The van der Waals surface area contributed by atoms with Gasteiger partial charge in [-0.1, -0.05) is 60.7 Å². The van der Waals surface area contributed by atoms with Crippen LogP contribution in [0.1, 0.15) is 29.0 Å². The first kappa shape index (κ1) is 14.1. The fourth-order valence-corrected chi connectivity index (χ4v) is 2.29. The Morgan fingerprint density at radius 1 is 1.05 bits per heavy atom. The van der Waals surface area contributed by atoms with Crippen LogP contribution < -0.4 is 5.32 Å². The third-order valence-electron chi connectivity index (χ3n) is 3.54. The number of carbonyl (C=O) groups is 1. The lowest BCUT2D eigenvalue weighted by Crippen LogP contribution is -2.26. The van der Waals surface area contributed by atoms with E-state index in [9.17, 15) is 4.79 Å². The molecular weight excluding hydrogens is 274 g/mol. The molecule has 1 aromatic heterocycles. The smallest absolute Gasteiger partial charge is 0.269 e. The molecule has 3 rings (SSSR count). The summed E-state index contributed by atoms with van der Waals surface area (Å²) in [7, 11) is 0. The highest BCUT2D eigenvalue weighted by molar-refractivity contribution is 5.93. The largest absolute Gasteiger partial charge is 0.344 e. The Labute approximate surface area is 129 Å². The van der Waals surface area contributed by atoms with Gasteiger partial charge in [-0.25, -0.2) is 0 Å². The number of rotatable bonds is 4. The van der Waals surface area contributed by atoms with Gasteiger partial charge in [0.25, 0.3) is 5.91 Å². The molecular formula is C18H17N3O. The van der Waals surface area contributed by atoms with E-state index >= 15 is 0 Å². The molecule has 4 nitrogen and oxygen atoms in total. The van der Waals surface area contributed by atoms with E-state index in [2.05, 4.69) is 15.5 Å². The van der Waals surface area contributed by atoms with Crippen LogP contribution in [0.3, 0.4) is 0 Å². The van der Waals surface area contributed by atoms with Crippen LogP contribution in [0.4, 0.5) is 0 Å². The molecule has 0 bridgehead atoms. The van der Waals surface area contributed by atoms with Crippen molar-refractivity contribution in [2.24, 2.45) is 0 Å². The van der Waals surface area contributed by atoms with Crippen LogP contribution in [0.25, 0.3) is 11.3 Å². The predicted molar refractivity (Wildman–Crippen MR) is 86.3 cm³/mol. The average Bonchev–Trinajstić information content (AvgIpc) is 3.06. The third kappa shape index (κ3) is 3.06. The van der Waals surface area contributed by atoms with Crippen molar-refractivity contribution in [1.29, 1.82) is 0 Å². The van der Waals surface area contributed by atoms with Crippen molar-refractivity contribution in [1.82, 2.24) is 15.5 Å². The number of hydrogen-bond acceptors (Lipinski definition) is 2. The summed E-state index contributed by atoms with van der Waals surface area (Å²) in [4.78, 5) is 12.3. The molecule has 110 valence electrons. The first-order valence-corrected chi connectivity index (χ1v) is 7.20. The second-order valence-electron chi connectivity index (χ2n) is 5.14. The van der Waals surface area contributed by atoms with Crippen LogP contribution in [-0.2, 0) is 0 Å². The van der Waals surface area contributed by atoms with Crippen molar-refractivity contribution in [3.8, 4) is 11.3 Å². The van der Waals surface area contributed by atoms with Gasteiger partial charge in [0.2, 0.25) is 0 Å². The topological polar surface area (TPSA) is 57.8 Å². The van der Waals surface area contributed by atoms with E-state index in [-0.39, 0.29) is 11.9 Å². The number of H-pyrrole nitrogens is 1. The molecule has 1 atom stereocenters. The number of carbonyl (C=O) groups excluding carboxylic acids is 1. The molecule has 2 aromatic carbocycles. The van der Waals surface area contributed by atoms with Gasteiger partial charge in [0.05, 0.1) is 11.7 Å². The van der Waals surface area contributed by atoms with E-state index in [4.69, 9.17) is 0 Å². The monoisotopic (exact) mass is 291 g/mol. The van der Waals surface area contributed by atoms with Gasteiger partial charge in [-0.2, -0.15) is 5.10 Å². The van der Waals surface area contributed by atoms with Crippen molar-refractivity contribution in [3.05, 3.63) is 78.0 Å². The number of amides is 1. The average molecular weight is 291 g/mol. The summed E-state index contributed by atoms with van der Waals surface area (Å²) in [6, 6.07) is 21.3. The zero-order chi connectivity index (χ0) is 15.4. The minimum absolute atomic E-state index is 0.0582. The maximum atomic E-state index is 12.3. The summed E-state index contributed by atoms with van der Waals surface area (Å²) in [5, 5.41) is 9.97. The fraction of sp³-hybridized carbons (Fsp3) is 0.111. The molecule has 0 fully saturated rings. The molecule has 0 aliphatic heterocycles. The quantitative estimate of drug-likeness (QED) is 0.772. The zero-order valence-corrected chi connectivity index (χ0v) is 12.3. The summed E-state index contributed by atoms with van der Waals surface area (Å²) < 4.78 is 0. The SMILES string of the molecule is CC(NC(=O)c1cc(-c2ccccc2)n[nH]1)c1ccccc1. The van der Waals surface area contributed by atoms with Crippen molar-refractivity contribution >= 4 is 5.91 Å². The van der Waals surface area contributed by atoms with Crippen LogP contribution in [-0.4, -0.2) is 16.1 Å². The van der Waals surface area contributed by atoms with Gasteiger partial charge < -0.3 is 5.32 Å². The molecule has 1 heterocycles. The third-order valence-corrected chi connectivity index (χ3v) is 3.54. The van der Waals surface area contributed by atoms with Gasteiger partial charge >= 0.3 is 0 Å². The lowest BCUT2D eigenvalue weighted by molar-refractivity contribution is 0.0935. The Hall–Kier alpha value is -2.88. The van der Waals surface area contributed by atoms with Gasteiger partial charge in [0.15, 0.2) is 0 Å². The molecule has 0 aliphatic carbocycles. The number of nitrogens with one attached hydrogen (secondary N) is 2. The first-order valence-electron chi connectivity index (χ1n) is 7.20. The first-order chi connectivity index (χ1) is 10.7. The van der Waals surface area contributed by atoms with Gasteiger partial charge in [-0.15, -0.1) is 0 Å². The van der Waals surface area contributed by atoms with Crippen LogP contribution >= 0.6 is 0 Å². The van der Waals surface area contributed by atoms with E-state index < -0.39 is 0 Å². The van der Waals surface area contributed by atoms with Gasteiger partial charge in [-0.3, -0.25) is 9.89 Å². The van der Waals surface area contributed by atoms with Gasteiger partial charge in [0, 0.05) is 5.56 Å². The maximum Gasteiger partial charge on any atom is 0.269 e. The summed E-state index contributed by atoms with van der Waals surface area (Å²) in [6.45, 7) is 1.96. The summed E-state index contributed by atoms with van der Waals surface area (Å²) in [6.07, 6.45) is 0. The zero-order valence-electron chi connectivity index (χ0n) is 12.3. The molecule has 1 amide bonds. The highest BCUT2D eigenvalue weighted by Gasteiger charge is 2.14. The summed E-state index contributed by atoms with van der Waals surface area (Å²) in [5.74, 6) is -0.161. The lowest BCUT2D eigenvalue weighted by atomic mass is 10.1. The Bertz CT molecular complexity index is 750. The van der Waals surface area contributed by atoms with Crippen LogP contribution in [0.15, 0.2) is 66.7 Å². The van der Waals surface area contributed by atoms with Gasteiger partial charge in [-0.05, 0) is 18.6 Å². The molecule has 2 N–H and O–H groups in total. The number of hydrogen-bond donors (Lipinski definition) is 2. The molecule has 0 saturated carbocycles. The van der Waals surface area contributed by atoms with Gasteiger partial charge in [0.1, 0.15) is 5.69 Å². The summed E-state index contributed by atoms with van der Waals surface area (Å²) >= 11 is 0. The fourth-order valence-electron chi connectivity index (χ4n) is 2.29. The number of benzene rings is 2. The lowest BCUT2D eigenvalue weighted by Gasteiger charge is -2.13. The number of nitrogens with zero attached hydrogens (tertiary/aromatic N) is 1. The van der Waals surface area contributed by atoms with Crippen molar-refractivity contribution < 1.29 is 4.79 Å². The molecule has 4 heteroatoms. The molecule has 0 aliphatic rings. The molecule has 1 unspecified atom stereocenters. The van der Waals surface area contributed by atoms with E-state index in [1.54, 1.807) is 6.07 Å². The predicted octanol–water partition coefficient (Wildman–Crippen LogP) is 3.57. The normalized spacial score (nSPS) is 11.9. The maximum absolute atomic E-state index is 12.3. The Morgan fingerprint density at radius 2 is 1.68 bits per heavy atom. The molecule has 22 heavy (non-hydrogen) atoms. The Morgan fingerprint density at radius 3 is 2.36 bits per heavy atom. The molecule has 0 saturated heterocycles. The van der Waals surface area contributed by atoms with E-state index in [0.29, 0.717) is 5.69 Å². The van der Waals surface area contributed by atoms with E-state index in [1.165, 1.54) is 0 Å². The standard InChI is InChI=1S/C18H17N3O/c1-13(14-8-4-2-5-9-14)19-18(22)17-12-16(20-21-17)15-10-6-3-7-11-15/h2-13H,1H3,(H,19,22)(H,20,21). The molecule has 0 radical (unpaired) electrons. The highest BCUT2D eigenvalue weighted by Crippen LogP contribution is 2.17. The number of aromatic amines is 1. The minimum Gasteiger partial charge on any atom is -0.344 e. The van der Waals surface area contributed by atoms with Crippen molar-refractivity contribution in [3.63, 3.8) is 0 Å². The van der Waals surface area contributed by atoms with Crippen molar-refractivity contribution in [2.75, 3.05) is 0 Å². The second-order valence-corrected chi connectivity index (χ2v) is 5.14. The van der Waals surface area contributed by atoms with Crippen LogP contribution in [0, 0.1) is 0 Å². The van der Waals surface area contributed by atoms with E-state index in [0.717, 1.165) is 16.8 Å². The Balaban J connectivity index is 1.72. The summed E-state index contributed by atoms with van der Waals surface area (Å²) in [5.41, 5.74) is 3.27. The highest BCUT2D eigenvalue weighted by atomic mass is 16.2. The number of aromatic nitrogens is 2. The minimum atomic E-state index is -0.161. The van der Waals surface area contributed by atoms with Crippen LogP contribution in [0.5, 0.6) is 0 Å². The van der Waals surface area contributed by atoms with Crippen LogP contribution in [0.2, 0.25) is 0 Å². The second kappa shape index (κ2) is 6.26. The van der Waals surface area contributed by atoms with Crippen molar-refractivity contribution in [2.45, 2.75) is 13.0 Å². The molecule has 3 aromatic rings.